The van der Waals surface area contributed by atoms with Gasteiger partial charge in [-0.25, -0.2) is 9.29 Å². The Kier molecular flexibility index (Phi) is 7.45. The summed E-state index contributed by atoms with van der Waals surface area (Å²) in [6.07, 6.45) is 3.73. The summed E-state index contributed by atoms with van der Waals surface area (Å²) in [7, 11) is 0. The molecule has 4 amide bonds. The third-order valence-corrected chi connectivity index (χ3v) is 11.9. The number of phenols is 1. The van der Waals surface area contributed by atoms with E-state index in [2.05, 4.69) is 29.2 Å². The molecule has 0 bridgehead atoms. The molecular weight excluding hydrogens is 745 g/mol. The second-order valence-corrected chi connectivity index (χ2v) is 14.6. The molecule has 7 rings (SSSR count). The number of amides is 4. The van der Waals surface area contributed by atoms with Gasteiger partial charge in [0.25, 0.3) is 11.8 Å². The topological polar surface area (TPSA) is 95.0 Å². The van der Waals surface area contributed by atoms with Gasteiger partial charge in [-0.1, -0.05) is 35.9 Å². The summed E-state index contributed by atoms with van der Waals surface area (Å²) in [5, 5.41) is 11.6. The lowest BCUT2D eigenvalue weighted by molar-refractivity contribution is -0.125. The number of halogens is 4. The average molecular weight is 771 g/mol. The number of benzene rings is 3. The molecule has 234 valence electrons. The maximum atomic E-state index is 14.5. The monoisotopic (exact) mass is 770 g/mol. The number of anilines is 2. The van der Waals surface area contributed by atoms with Crippen LogP contribution in [-0.2, 0) is 25.6 Å². The molecule has 46 heavy (non-hydrogen) atoms. The molecule has 4 aliphatic rings. The maximum Gasteiger partial charge on any atom is 0.258 e. The Bertz CT molecular complexity index is 1880. The molecule has 7 nitrogen and oxygen atoms in total. The Labute approximate surface area is 287 Å². The molecule has 0 radical (unpaired) electrons. The van der Waals surface area contributed by atoms with Gasteiger partial charge in [0.15, 0.2) is 9.75 Å². The minimum absolute atomic E-state index is 0.0843. The van der Waals surface area contributed by atoms with Gasteiger partial charge in [0.2, 0.25) is 11.8 Å². The van der Waals surface area contributed by atoms with Crippen LogP contribution in [0.2, 0.25) is 0 Å². The van der Waals surface area contributed by atoms with Gasteiger partial charge in [0, 0.05) is 15.1 Å². The van der Waals surface area contributed by atoms with E-state index in [0.29, 0.717) is 23.2 Å². The maximum absolute atomic E-state index is 14.5. The van der Waals surface area contributed by atoms with E-state index in [0.717, 1.165) is 20.6 Å². The van der Waals surface area contributed by atoms with Crippen LogP contribution in [0.25, 0.3) is 0 Å². The number of nitrogens with zero attached hydrogens (tertiary/aromatic N) is 2. The fraction of sp³-hybridized carbons (Fsp3) is 0.257. The number of fused-ring (bicyclic) bond motifs is 4. The number of hydrogen-bond acceptors (Lipinski definition) is 5. The Balaban J connectivity index is 1.42. The van der Waals surface area contributed by atoms with Crippen molar-refractivity contribution in [3.8, 4) is 5.75 Å². The number of carbonyl (C=O) groups is 4. The van der Waals surface area contributed by atoms with Gasteiger partial charge in [-0.05, 0) is 102 Å². The molecular formula is C35H26Cl2FIN2O5. The Hall–Kier alpha value is -3.54. The molecule has 0 aromatic heterocycles. The number of phenolic OH excluding ortho intramolecular Hbond substituents is 1. The van der Waals surface area contributed by atoms with Crippen molar-refractivity contribution in [2.75, 3.05) is 9.80 Å². The molecule has 0 spiro atoms. The Morgan fingerprint density at radius 3 is 2.24 bits per heavy atom. The third-order valence-electron chi connectivity index (χ3n) is 9.81. The van der Waals surface area contributed by atoms with Gasteiger partial charge < -0.3 is 5.11 Å². The van der Waals surface area contributed by atoms with Crippen molar-refractivity contribution < 1.29 is 28.7 Å². The predicted molar refractivity (Wildman–Crippen MR) is 180 cm³/mol. The minimum atomic E-state index is -2.14. The summed E-state index contributed by atoms with van der Waals surface area (Å²) in [5.41, 5.74) is 1.87. The highest BCUT2D eigenvalue weighted by atomic mass is 127. The fourth-order valence-corrected chi connectivity index (χ4v) is 9.04. The van der Waals surface area contributed by atoms with E-state index in [9.17, 15) is 28.7 Å². The number of carbonyl (C=O) groups excluding carboxylic acids is 4. The smallest absolute Gasteiger partial charge is 0.258 e. The molecule has 6 atom stereocenters. The Morgan fingerprint density at radius 2 is 1.57 bits per heavy atom. The normalized spacial score (nSPS) is 30.2. The first-order chi connectivity index (χ1) is 21.9. The molecule has 2 saturated heterocycles. The zero-order chi connectivity index (χ0) is 32.7. The van der Waals surface area contributed by atoms with E-state index in [-0.39, 0.29) is 35.7 Å². The molecule has 6 unspecified atom stereocenters. The summed E-state index contributed by atoms with van der Waals surface area (Å²) >= 11 is 16.9. The highest BCUT2D eigenvalue weighted by molar-refractivity contribution is 14.1. The summed E-state index contributed by atoms with van der Waals surface area (Å²) in [4.78, 5) is 54.7. The number of rotatable bonds is 5. The number of alkyl halides is 2. The first-order valence-corrected chi connectivity index (χ1v) is 16.5. The minimum Gasteiger partial charge on any atom is -0.507 e. The van der Waals surface area contributed by atoms with Gasteiger partial charge >= 0.3 is 0 Å². The van der Waals surface area contributed by atoms with E-state index in [1.807, 2.05) is 6.08 Å². The molecule has 2 aliphatic heterocycles. The lowest BCUT2D eigenvalue weighted by Crippen LogP contribution is -2.60. The molecule has 2 heterocycles. The van der Waals surface area contributed by atoms with E-state index in [1.54, 1.807) is 48.5 Å². The lowest BCUT2D eigenvalue weighted by atomic mass is 9.56. The van der Waals surface area contributed by atoms with Crippen LogP contribution in [0, 0.1) is 27.1 Å². The van der Waals surface area contributed by atoms with Gasteiger partial charge in [-0.15, -0.1) is 29.8 Å². The Morgan fingerprint density at radius 1 is 0.913 bits per heavy atom. The second-order valence-electron chi connectivity index (χ2n) is 12.1. The standard InChI is InChI=1S/C35H26Cl2FIN2O5/c1-2-4-18-5-3-6-25(29(18)42)28-23-15-16-24-27(31(44)40(30(24)43)21-13-9-20(39)10-14-21)26(23)17-34(36)32(45)41(33(46)35(28,34)37)22-11-7-19(38)8-12-22/h2-3,5-15,24,26-28,42H,1,4,16-17H2. The van der Waals surface area contributed by atoms with Gasteiger partial charge in [-0.3, -0.25) is 24.1 Å². The largest absolute Gasteiger partial charge is 0.507 e. The van der Waals surface area contributed by atoms with Gasteiger partial charge in [0.1, 0.15) is 11.6 Å². The van der Waals surface area contributed by atoms with Crippen LogP contribution in [0.4, 0.5) is 15.8 Å². The molecule has 3 fully saturated rings. The number of imide groups is 2. The number of para-hydroxylation sites is 1. The van der Waals surface area contributed by atoms with Crippen molar-refractivity contribution in [3.05, 3.63) is 112 Å². The highest BCUT2D eigenvalue weighted by Gasteiger charge is 2.77. The van der Waals surface area contributed by atoms with Crippen LogP contribution in [0.1, 0.15) is 29.9 Å². The van der Waals surface area contributed by atoms with Gasteiger partial charge in [0.05, 0.1) is 23.2 Å². The van der Waals surface area contributed by atoms with Crippen LogP contribution < -0.4 is 9.80 Å². The van der Waals surface area contributed by atoms with Crippen LogP contribution in [-0.4, -0.2) is 38.5 Å². The first-order valence-electron chi connectivity index (χ1n) is 14.7. The third kappa shape index (κ3) is 4.20. The zero-order valence-corrected chi connectivity index (χ0v) is 27.8. The molecule has 2 aliphatic carbocycles. The highest BCUT2D eigenvalue weighted by Crippen LogP contribution is 2.66. The van der Waals surface area contributed by atoms with Gasteiger partial charge in [-0.2, -0.15) is 0 Å². The van der Waals surface area contributed by atoms with Crippen LogP contribution in [0.5, 0.6) is 5.75 Å². The van der Waals surface area contributed by atoms with Crippen molar-refractivity contribution in [3.63, 3.8) is 0 Å². The van der Waals surface area contributed by atoms with Crippen molar-refractivity contribution in [1.29, 1.82) is 0 Å². The second kappa shape index (κ2) is 11.0. The van der Waals surface area contributed by atoms with E-state index < -0.39 is 57.0 Å². The summed E-state index contributed by atoms with van der Waals surface area (Å²) in [6, 6.07) is 16.9. The summed E-state index contributed by atoms with van der Waals surface area (Å²) in [5.74, 6) is -6.62. The molecule has 3 aromatic carbocycles. The van der Waals surface area contributed by atoms with Crippen molar-refractivity contribution in [1.82, 2.24) is 0 Å². The van der Waals surface area contributed by atoms with E-state index in [1.165, 1.54) is 17.0 Å². The molecule has 1 N–H and O–H groups in total. The predicted octanol–water partition coefficient (Wildman–Crippen LogP) is 6.63. The molecule has 11 heteroatoms. The number of aromatic hydroxyl groups is 1. The molecule has 1 saturated carbocycles. The first kappa shape index (κ1) is 31.1. The van der Waals surface area contributed by atoms with Crippen LogP contribution in [0.15, 0.2) is 91.0 Å². The molecule has 3 aromatic rings. The van der Waals surface area contributed by atoms with E-state index >= 15 is 0 Å². The summed E-state index contributed by atoms with van der Waals surface area (Å²) < 4.78 is 14.8. The van der Waals surface area contributed by atoms with E-state index in [4.69, 9.17) is 23.2 Å². The zero-order valence-electron chi connectivity index (χ0n) is 24.1. The summed E-state index contributed by atoms with van der Waals surface area (Å²) in [6.45, 7) is 3.77. The van der Waals surface area contributed by atoms with Crippen molar-refractivity contribution >= 4 is 80.8 Å². The van der Waals surface area contributed by atoms with Crippen molar-refractivity contribution in [2.24, 2.45) is 17.8 Å². The van der Waals surface area contributed by atoms with Crippen LogP contribution in [0.3, 0.4) is 0 Å². The number of hydrogen-bond donors (Lipinski definition) is 1. The number of allylic oxidation sites excluding steroid dienone is 3. The SMILES string of the molecule is C=CCc1cccc(C2C3=CCC4C(=O)N(c5ccc(I)cc5)C(=O)C4C3CC3(Cl)C(=O)N(c4ccc(F)cc4)C(=O)C23Cl)c1O. The fourth-order valence-electron chi connectivity index (χ4n) is 7.75. The van der Waals surface area contributed by atoms with Crippen molar-refractivity contribution in [2.45, 2.75) is 34.9 Å². The lowest BCUT2D eigenvalue weighted by Gasteiger charge is -2.50. The van der Waals surface area contributed by atoms with Crippen LogP contribution >= 0.6 is 45.8 Å². The average Bonchev–Trinajstić information content (AvgIpc) is 3.37. The quantitative estimate of drug-likeness (QED) is 0.136.